The predicted octanol–water partition coefficient (Wildman–Crippen LogP) is 13.5. The van der Waals surface area contributed by atoms with Crippen molar-refractivity contribution in [1.82, 2.24) is 0 Å². The largest absolute Gasteiger partial charge is 0.466 e. The van der Waals surface area contributed by atoms with Gasteiger partial charge in [-0.05, 0) is 104 Å². The standard InChI is InChI=1S/C24H36O2.C22H34O2/c1-3-5-6-7-8-9-10-11-12-13-14-15-16-17-18-19-20-21-22-23-24(25)26-4-2;1-3-5-6-7-8-9-10-11-12-13-14-15-16-17-18-19-20-21-22(23)24-4-2/h5-6,8-9,11-12,14-15,17-18,20-21H,3-4,7,10,13,16,19,22-23H2,1-2H3;5-6,8-9,11-12,14-15,17-18H,3-4,7,10,13,16,19-21H2,1-2H3/b6-5-,9-8-,12-11-,15-14-,18-17-,21-20-;6-5-,9-8-,12-11-,15-14-,18-17-. The Morgan fingerprint density at radius 3 is 0.900 bits per heavy atom. The van der Waals surface area contributed by atoms with Crippen molar-refractivity contribution in [3.8, 4) is 0 Å². The molecule has 0 aliphatic carbocycles. The van der Waals surface area contributed by atoms with Gasteiger partial charge in [-0.25, -0.2) is 0 Å². The van der Waals surface area contributed by atoms with Crippen LogP contribution >= 0.6 is 0 Å². The third-order valence-electron chi connectivity index (χ3n) is 6.63. The van der Waals surface area contributed by atoms with Crippen molar-refractivity contribution >= 4 is 11.9 Å². The van der Waals surface area contributed by atoms with Crippen LogP contribution in [0.4, 0.5) is 0 Å². The Kier molecular flexibility index (Phi) is 43.5. The molecule has 0 aliphatic rings. The minimum Gasteiger partial charge on any atom is -0.466 e. The van der Waals surface area contributed by atoms with Crippen LogP contribution in [0.1, 0.15) is 130 Å². The Hall–Kier alpha value is -3.92. The van der Waals surface area contributed by atoms with E-state index in [4.69, 9.17) is 9.47 Å². The van der Waals surface area contributed by atoms with Crippen LogP contribution in [0.15, 0.2) is 134 Å². The first-order valence-corrected chi connectivity index (χ1v) is 19.1. The maximum atomic E-state index is 11.1. The van der Waals surface area contributed by atoms with E-state index in [2.05, 4.69) is 141 Å². The van der Waals surface area contributed by atoms with Gasteiger partial charge >= 0.3 is 11.9 Å². The second kappa shape index (κ2) is 45.1. The Morgan fingerprint density at radius 2 is 0.600 bits per heavy atom. The average Bonchev–Trinajstić information content (AvgIpc) is 3.11. The molecule has 0 atom stereocenters. The van der Waals surface area contributed by atoms with Crippen molar-refractivity contribution in [2.45, 2.75) is 130 Å². The zero-order valence-corrected chi connectivity index (χ0v) is 32.1. The average molecular weight is 687 g/mol. The molecule has 278 valence electrons. The number of carbonyl (C=O) groups excluding carboxylic acids is 2. The van der Waals surface area contributed by atoms with Gasteiger partial charge in [-0.3, -0.25) is 9.59 Å². The molecule has 0 fully saturated rings. The second-order valence-corrected chi connectivity index (χ2v) is 11.2. The zero-order chi connectivity index (χ0) is 36.9. The molecule has 0 amide bonds. The number of ether oxygens (including phenoxy) is 2. The first-order valence-electron chi connectivity index (χ1n) is 19.1. The molecule has 50 heavy (non-hydrogen) atoms. The molecule has 0 heterocycles. The van der Waals surface area contributed by atoms with E-state index in [0.29, 0.717) is 26.1 Å². The number of hydrogen-bond donors (Lipinski definition) is 0. The topological polar surface area (TPSA) is 52.6 Å². The summed E-state index contributed by atoms with van der Waals surface area (Å²) in [5.41, 5.74) is 0. The van der Waals surface area contributed by atoms with Gasteiger partial charge in [0.05, 0.1) is 13.2 Å². The van der Waals surface area contributed by atoms with Crippen molar-refractivity contribution in [3.63, 3.8) is 0 Å². The summed E-state index contributed by atoms with van der Waals surface area (Å²) in [4.78, 5) is 22.3. The van der Waals surface area contributed by atoms with Crippen LogP contribution < -0.4 is 0 Å². The van der Waals surface area contributed by atoms with E-state index in [9.17, 15) is 9.59 Å². The molecular formula is C46H70O4. The maximum Gasteiger partial charge on any atom is 0.306 e. The van der Waals surface area contributed by atoms with Crippen molar-refractivity contribution in [1.29, 1.82) is 0 Å². The van der Waals surface area contributed by atoms with Gasteiger partial charge < -0.3 is 9.47 Å². The Labute approximate surface area is 307 Å². The van der Waals surface area contributed by atoms with E-state index >= 15 is 0 Å². The fraction of sp³-hybridized carbons (Fsp3) is 0.478. The normalized spacial score (nSPS) is 12.7. The highest BCUT2D eigenvalue weighted by Gasteiger charge is 1.98. The third-order valence-corrected chi connectivity index (χ3v) is 6.63. The molecule has 0 spiro atoms. The van der Waals surface area contributed by atoms with Gasteiger partial charge in [-0.1, -0.05) is 148 Å². The predicted molar refractivity (Wildman–Crippen MR) is 219 cm³/mol. The summed E-state index contributed by atoms with van der Waals surface area (Å²) in [5.74, 6) is -0.211. The highest BCUT2D eigenvalue weighted by molar-refractivity contribution is 5.69. The second-order valence-electron chi connectivity index (χ2n) is 11.2. The molecule has 0 aromatic carbocycles. The quantitative estimate of drug-likeness (QED) is 0.0446. The van der Waals surface area contributed by atoms with Crippen LogP contribution in [0, 0.1) is 0 Å². The highest BCUT2D eigenvalue weighted by Crippen LogP contribution is 2.01. The van der Waals surface area contributed by atoms with Gasteiger partial charge in [0.1, 0.15) is 0 Å². The molecule has 0 radical (unpaired) electrons. The van der Waals surface area contributed by atoms with Crippen molar-refractivity contribution in [2.75, 3.05) is 13.2 Å². The lowest BCUT2D eigenvalue weighted by Gasteiger charge is -1.98. The van der Waals surface area contributed by atoms with Crippen molar-refractivity contribution in [3.05, 3.63) is 134 Å². The van der Waals surface area contributed by atoms with Crippen LogP contribution in [0.25, 0.3) is 0 Å². The van der Waals surface area contributed by atoms with Crippen molar-refractivity contribution < 1.29 is 19.1 Å². The van der Waals surface area contributed by atoms with Crippen LogP contribution in [0.3, 0.4) is 0 Å². The lowest BCUT2D eigenvalue weighted by molar-refractivity contribution is -0.144. The van der Waals surface area contributed by atoms with E-state index in [1.165, 1.54) is 0 Å². The first-order chi connectivity index (χ1) is 24.6. The minimum absolute atomic E-state index is 0.0927. The van der Waals surface area contributed by atoms with E-state index in [0.717, 1.165) is 89.9 Å². The molecule has 0 rings (SSSR count). The van der Waals surface area contributed by atoms with Gasteiger partial charge in [0.25, 0.3) is 0 Å². The monoisotopic (exact) mass is 687 g/mol. The number of carbonyl (C=O) groups is 2. The Morgan fingerprint density at radius 1 is 0.340 bits per heavy atom. The van der Waals surface area contributed by atoms with Crippen LogP contribution in [-0.4, -0.2) is 25.2 Å². The summed E-state index contributed by atoms with van der Waals surface area (Å²) in [6.07, 6.45) is 62.6. The van der Waals surface area contributed by atoms with E-state index < -0.39 is 0 Å². The van der Waals surface area contributed by atoms with Crippen molar-refractivity contribution in [2.24, 2.45) is 0 Å². The molecule has 0 saturated carbocycles. The summed E-state index contributed by atoms with van der Waals surface area (Å²) >= 11 is 0. The van der Waals surface area contributed by atoms with Crippen LogP contribution in [-0.2, 0) is 19.1 Å². The lowest BCUT2D eigenvalue weighted by Crippen LogP contribution is -2.02. The van der Waals surface area contributed by atoms with Gasteiger partial charge in [0.15, 0.2) is 0 Å². The smallest absolute Gasteiger partial charge is 0.306 e. The fourth-order valence-electron chi connectivity index (χ4n) is 4.04. The van der Waals surface area contributed by atoms with Gasteiger partial charge in [-0.2, -0.15) is 0 Å². The lowest BCUT2D eigenvalue weighted by atomic mass is 10.2. The third kappa shape index (κ3) is 46.2. The SMILES string of the molecule is CC/C=C\C/C=C\C/C=C\C/C=C\C/C=C\C/C=C\CCC(=O)OCC.CC/C=C\C/C=C\C/C=C\C/C=C\C/C=C\CCCC(=O)OCC. The molecule has 0 aromatic rings. The Balaban J connectivity index is 0. The fourth-order valence-corrected chi connectivity index (χ4v) is 4.04. The van der Waals surface area contributed by atoms with Crippen LogP contribution in [0.5, 0.6) is 0 Å². The molecule has 0 unspecified atom stereocenters. The molecular weight excluding hydrogens is 617 g/mol. The summed E-state index contributed by atoms with van der Waals surface area (Å²) < 4.78 is 9.76. The molecule has 0 N–H and O–H groups in total. The molecule has 4 heteroatoms. The molecule has 0 saturated heterocycles. The van der Waals surface area contributed by atoms with Gasteiger partial charge in [0, 0.05) is 12.8 Å². The number of allylic oxidation sites excluding steroid dienone is 22. The zero-order valence-electron chi connectivity index (χ0n) is 32.1. The number of unbranched alkanes of at least 4 members (excludes halogenated alkanes) is 1. The molecule has 0 aliphatic heterocycles. The van der Waals surface area contributed by atoms with Crippen LogP contribution in [0.2, 0.25) is 0 Å². The highest BCUT2D eigenvalue weighted by atomic mass is 16.5. The van der Waals surface area contributed by atoms with Gasteiger partial charge in [0.2, 0.25) is 0 Å². The number of rotatable bonds is 29. The molecule has 0 aromatic heterocycles. The summed E-state index contributed by atoms with van der Waals surface area (Å²) in [7, 11) is 0. The maximum absolute atomic E-state index is 11.1. The molecule has 4 nitrogen and oxygen atoms in total. The summed E-state index contributed by atoms with van der Waals surface area (Å²) in [6, 6.07) is 0. The van der Waals surface area contributed by atoms with E-state index in [1.54, 1.807) is 0 Å². The number of hydrogen-bond acceptors (Lipinski definition) is 4. The Bertz CT molecular complexity index is 1090. The number of esters is 2. The summed E-state index contributed by atoms with van der Waals surface area (Å²) in [5, 5.41) is 0. The van der Waals surface area contributed by atoms with Gasteiger partial charge in [-0.15, -0.1) is 0 Å². The summed E-state index contributed by atoms with van der Waals surface area (Å²) in [6.45, 7) is 8.90. The minimum atomic E-state index is -0.118. The van der Waals surface area contributed by atoms with E-state index in [-0.39, 0.29) is 11.9 Å². The first kappa shape index (κ1) is 48.2. The molecule has 0 bridgehead atoms. The van der Waals surface area contributed by atoms with E-state index in [1.807, 2.05) is 19.9 Å².